The van der Waals surface area contributed by atoms with Gasteiger partial charge in [0.1, 0.15) is 11.2 Å². The fourth-order valence-electron chi connectivity index (χ4n) is 3.99. The van der Waals surface area contributed by atoms with Gasteiger partial charge in [-0.05, 0) is 29.5 Å². The van der Waals surface area contributed by atoms with Gasteiger partial charge < -0.3 is 24.1 Å². The summed E-state index contributed by atoms with van der Waals surface area (Å²) < 4.78 is 11.2. The van der Waals surface area contributed by atoms with Gasteiger partial charge in [0, 0.05) is 22.4 Å². The third-order valence-corrected chi connectivity index (χ3v) is 5.80. The van der Waals surface area contributed by atoms with Gasteiger partial charge in [-0.2, -0.15) is 0 Å². The van der Waals surface area contributed by atoms with E-state index in [0.29, 0.717) is 27.7 Å². The quantitative estimate of drug-likeness (QED) is 0.471. The molecule has 0 saturated carbocycles. The number of nitrogens with one attached hydrogen (secondary N) is 1. The van der Waals surface area contributed by atoms with Crippen LogP contribution in [0.2, 0.25) is 0 Å². The van der Waals surface area contributed by atoms with Gasteiger partial charge in [0.15, 0.2) is 0 Å². The van der Waals surface area contributed by atoms with E-state index in [1.165, 1.54) is 0 Å². The van der Waals surface area contributed by atoms with Crippen LogP contribution in [0.5, 0.6) is 0 Å². The summed E-state index contributed by atoms with van der Waals surface area (Å²) in [5.41, 5.74) is 2.34. The number of carbonyl (C=O) groups excluding carboxylic acids is 2. The number of furan rings is 1. The lowest BCUT2D eigenvalue weighted by atomic mass is 9.86. The average molecular weight is 446 g/mol. The van der Waals surface area contributed by atoms with Crippen molar-refractivity contribution in [1.82, 2.24) is 5.32 Å². The first-order valence-corrected chi connectivity index (χ1v) is 10.6. The van der Waals surface area contributed by atoms with E-state index in [0.717, 1.165) is 10.9 Å². The Morgan fingerprint density at radius 2 is 1.76 bits per heavy atom. The second kappa shape index (κ2) is 8.24. The molecular weight excluding hydrogens is 422 g/mol. The van der Waals surface area contributed by atoms with Gasteiger partial charge in [0.2, 0.25) is 5.91 Å². The fraction of sp³-hybridized carbons (Fsp3) is 0.269. The van der Waals surface area contributed by atoms with Crippen molar-refractivity contribution < 1.29 is 23.5 Å². The molecule has 4 rings (SSSR count). The molecule has 0 fully saturated rings. The second-order valence-electron chi connectivity index (χ2n) is 9.14. The highest BCUT2D eigenvalue weighted by Crippen LogP contribution is 2.35. The zero-order valence-electron chi connectivity index (χ0n) is 18.9. The molecule has 7 nitrogen and oxygen atoms in total. The molecule has 0 radical (unpaired) electrons. The molecule has 2 aromatic heterocycles. The van der Waals surface area contributed by atoms with Gasteiger partial charge in [-0.3, -0.25) is 4.79 Å². The number of benzene rings is 2. The van der Waals surface area contributed by atoms with Crippen LogP contribution in [0.4, 0.5) is 0 Å². The Bertz CT molecular complexity index is 1420. The van der Waals surface area contributed by atoms with Crippen molar-refractivity contribution in [2.24, 2.45) is 0 Å². The first kappa shape index (κ1) is 22.3. The Morgan fingerprint density at radius 3 is 2.39 bits per heavy atom. The van der Waals surface area contributed by atoms with Crippen LogP contribution in [0, 0.1) is 6.92 Å². The average Bonchev–Trinajstić information content (AvgIpc) is 3.17. The normalized spacial score (nSPS) is 12.7. The lowest BCUT2D eigenvalue weighted by Crippen LogP contribution is -2.42. The Morgan fingerprint density at radius 1 is 1.06 bits per heavy atom. The lowest BCUT2D eigenvalue weighted by Gasteiger charge is -2.20. The summed E-state index contributed by atoms with van der Waals surface area (Å²) in [6.45, 7) is 7.99. The SMILES string of the molecule is Cc1c(CC(=O)N[C@@H](C(=O)[O-])c2ccccc2)c(=O)oc2cc3occ(C(C)(C)C)c3cc12. The fourth-order valence-corrected chi connectivity index (χ4v) is 3.99. The van der Waals surface area contributed by atoms with E-state index in [1.807, 2.05) is 6.07 Å². The Labute approximate surface area is 190 Å². The smallest absolute Gasteiger partial charge is 0.340 e. The molecule has 7 heteroatoms. The summed E-state index contributed by atoms with van der Waals surface area (Å²) >= 11 is 0. The summed E-state index contributed by atoms with van der Waals surface area (Å²) in [6, 6.07) is 10.5. The van der Waals surface area contributed by atoms with Crippen LogP contribution in [0.3, 0.4) is 0 Å². The van der Waals surface area contributed by atoms with E-state index < -0.39 is 23.5 Å². The predicted octanol–water partition coefficient (Wildman–Crippen LogP) is 3.30. The van der Waals surface area contributed by atoms with Crippen molar-refractivity contribution in [2.75, 3.05) is 0 Å². The zero-order valence-corrected chi connectivity index (χ0v) is 18.9. The summed E-state index contributed by atoms with van der Waals surface area (Å²) in [7, 11) is 0. The van der Waals surface area contributed by atoms with Crippen LogP contribution in [0.25, 0.3) is 21.9 Å². The Balaban J connectivity index is 1.71. The number of amides is 1. The molecule has 0 unspecified atom stereocenters. The molecule has 1 N–H and O–H groups in total. The van der Waals surface area contributed by atoms with Crippen molar-refractivity contribution in [1.29, 1.82) is 0 Å². The number of carboxylic acids is 1. The summed E-state index contributed by atoms with van der Waals surface area (Å²) in [4.78, 5) is 37.0. The number of aryl methyl sites for hydroxylation is 1. The minimum Gasteiger partial charge on any atom is -0.548 e. The van der Waals surface area contributed by atoms with Crippen LogP contribution < -0.4 is 16.0 Å². The highest BCUT2D eigenvalue weighted by Gasteiger charge is 2.23. The standard InChI is InChI=1S/C26H25NO6/c1-14-16-10-18-19(26(2,3)4)13-32-20(18)12-21(16)33-25(31)17(14)11-22(28)27-23(24(29)30)15-8-6-5-7-9-15/h5-10,12-13,23H,11H2,1-4H3,(H,27,28)(H,29,30)/p-1/t23-/m1/s1. The van der Waals surface area contributed by atoms with E-state index in [1.54, 1.807) is 49.6 Å². The molecule has 0 aliphatic rings. The lowest BCUT2D eigenvalue weighted by molar-refractivity contribution is -0.308. The molecule has 170 valence electrons. The summed E-state index contributed by atoms with van der Waals surface area (Å²) in [6.07, 6.45) is 1.38. The topological polar surface area (TPSA) is 113 Å². The molecule has 0 spiro atoms. The van der Waals surface area contributed by atoms with Crippen LogP contribution in [0.15, 0.2) is 62.4 Å². The number of hydrogen-bond donors (Lipinski definition) is 1. The molecule has 0 aliphatic carbocycles. The summed E-state index contributed by atoms with van der Waals surface area (Å²) in [5, 5.41) is 15.6. The van der Waals surface area contributed by atoms with Gasteiger partial charge in [-0.15, -0.1) is 0 Å². The molecule has 4 aromatic rings. The molecular formula is C26H24NO6-. The molecule has 0 bridgehead atoms. The highest BCUT2D eigenvalue weighted by atomic mass is 16.4. The molecule has 2 heterocycles. The van der Waals surface area contributed by atoms with E-state index in [9.17, 15) is 19.5 Å². The van der Waals surface area contributed by atoms with Crippen LogP contribution in [0.1, 0.15) is 49.1 Å². The van der Waals surface area contributed by atoms with Crippen LogP contribution >= 0.6 is 0 Å². The Kier molecular flexibility index (Phi) is 5.57. The molecule has 0 saturated heterocycles. The molecule has 1 atom stereocenters. The minimum absolute atomic E-state index is 0.150. The number of hydrogen-bond acceptors (Lipinski definition) is 6. The van der Waals surface area contributed by atoms with Gasteiger partial charge in [0.05, 0.1) is 30.3 Å². The first-order chi connectivity index (χ1) is 15.6. The van der Waals surface area contributed by atoms with Crippen molar-refractivity contribution in [3.05, 3.63) is 81.4 Å². The first-order valence-electron chi connectivity index (χ1n) is 10.6. The second-order valence-corrected chi connectivity index (χ2v) is 9.14. The van der Waals surface area contributed by atoms with Crippen molar-refractivity contribution in [2.45, 2.75) is 45.6 Å². The van der Waals surface area contributed by atoms with E-state index >= 15 is 0 Å². The van der Waals surface area contributed by atoms with E-state index in [4.69, 9.17) is 8.83 Å². The van der Waals surface area contributed by atoms with Crippen molar-refractivity contribution in [3.8, 4) is 0 Å². The highest BCUT2D eigenvalue weighted by molar-refractivity contribution is 5.97. The maximum atomic E-state index is 12.7. The van der Waals surface area contributed by atoms with Gasteiger partial charge in [-0.25, -0.2) is 4.79 Å². The van der Waals surface area contributed by atoms with Gasteiger partial charge in [0.25, 0.3) is 0 Å². The number of rotatable bonds is 5. The van der Waals surface area contributed by atoms with Crippen LogP contribution in [-0.2, 0) is 21.4 Å². The van der Waals surface area contributed by atoms with Crippen molar-refractivity contribution >= 4 is 33.8 Å². The van der Waals surface area contributed by atoms with Gasteiger partial charge >= 0.3 is 5.63 Å². The molecule has 0 aliphatic heterocycles. The largest absolute Gasteiger partial charge is 0.548 e. The molecule has 2 aromatic carbocycles. The van der Waals surface area contributed by atoms with Crippen molar-refractivity contribution in [3.63, 3.8) is 0 Å². The van der Waals surface area contributed by atoms with Gasteiger partial charge in [-0.1, -0.05) is 51.1 Å². The van der Waals surface area contributed by atoms with Crippen LogP contribution in [-0.4, -0.2) is 11.9 Å². The number of aliphatic carboxylic acids is 1. The van der Waals surface area contributed by atoms with E-state index in [2.05, 4.69) is 26.1 Å². The predicted molar refractivity (Wildman–Crippen MR) is 122 cm³/mol. The van der Waals surface area contributed by atoms with E-state index in [-0.39, 0.29) is 17.4 Å². The maximum absolute atomic E-state index is 12.7. The summed E-state index contributed by atoms with van der Waals surface area (Å²) in [5.74, 6) is -2.06. The third-order valence-electron chi connectivity index (χ3n) is 5.80. The number of fused-ring (bicyclic) bond motifs is 2. The maximum Gasteiger partial charge on any atom is 0.340 e. The minimum atomic E-state index is -1.44. The zero-order chi connectivity index (χ0) is 23.9. The number of carbonyl (C=O) groups is 2. The third kappa shape index (κ3) is 4.26. The Hall–Kier alpha value is -3.87. The molecule has 33 heavy (non-hydrogen) atoms. The number of carboxylic acid groups (broad SMARTS) is 1. The monoisotopic (exact) mass is 446 g/mol. The molecule has 1 amide bonds.